The molecule has 4 aromatic rings. The number of amides is 2. The number of benzene rings is 3. The molecule has 31 heavy (non-hydrogen) atoms. The summed E-state index contributed by atoms with van der Waals surface area (Å²) < 4.78 is 0.631. The quantitative estimate of drug-likeness (QED) is 0.293. The minimum atomic E-state index is -0.120. The molecular weight excluding hydrogens is 428 g/mol. The molecule has 0 radical (unpaired) electrons. The zero-order valence-corrected chi connectivity index (χ0v) is 18.2. The highest BCUT2D eigenvalue weighted by Crippen LogP contribution is 2.27. The van der Waals surface area contributed by atoms with Crippen LogP contribution in [-0.2, 0) is 16.0 Å². The van der Waals surface area contributed by atoms with Gasteiger partial charge in [0.1, 0.15) is 0 Å². The maximum Gasteiger partial charge on any atom is 0.234 e. The van der Waals surface area contributed by atoms with Crippen LogP contribution in [0, 0.1) is 0 Å². The molecule has 2 amide bonds. The smallest absolute Gasteiger partial charge is 0.234 e. The van der Waals surface area contributed by atoms with E-state index in [0.29, 0.717) is 22.3 Å². The molecular formula is C23H20N4O2S2. The lowest BCUT2D eigenvalue weighted by Crippen LogP contribution is -2.14. The zero-order valence-electron chi connectivity index (χ0n) is 16.6. The van der Waals surface area contributed by atoms with Gasteiger partial charge in [-0.3, -0.25) is 9.59 Å². The largest absolute Gasteiger partial charge is 0.325 e. The second kappa shape index (κ2) is 10.2. The van der Waals surface area contributed by atoms with Crippen LogP contribution in [0.4, 0.5) is 10.8 Å². The first-order chi connectivity index (χ1) is 15.2. The summed E-state index contributed by atoms with van der Waals surface area (Å²) in [4.78, 5) is 24.5. The summed E-state index contributed by atoms with van der Waals surface area (Å²) >= 11 is 2.56. The number of anilines is 2. The Morgan fingerprint density at radius 1 is 0.839 bits per heavy atom. The number of aryl methyl sites for hydroxylation is 1. The predicted octanol–water partition coefficient (Wildman–Crippen LogP) is 4.99. The molecule has 1 aromatic heterocycles. The lowest BCUT2D eigenvalue weighted by Gasteiger charge is -2.08. The molecule has 0 atom stereocenters. The molecule has 6 nitrogen and oxygen atoms in total. The van der Waals surface area contributed by atoms with E-state index in [1.165, 1.54) is 23.1 Å². The fourth-order valence-electron chi connectivity index (χ4n) is 3.05. The summed E-state index contributed by atoms with van der Waals surface area (Å²) in [6.07, 6.45) is 1.04. The van der Waals surface area contributed by atoms with Crippen molar-refractivity contribution >= 4 is 56.5 Å². The summed E-state index contributed by atoms with van der Waals surface area (Å²) in [5.74, 6) is -0.0185. The topological polar surface area (TPSA) is 84.0 Å². The van der Waals surface area contributed by atoms with Crippen molar-refractivity contribution in [1.29, 1.82) is 0 Å². The number of nitrogens with one attached hydrogen (secondary N) is 2. The summed E-state index contributed by atoms with van der Waals surface area (Å²) in [6.45, 7) is 0. The van der Waals surface area contributed by atoms with Gasteiger partial charge in [0.05, 0.1) is 5.75 Å². The molecule has 0 saturated carbocycles. The first-order valence-electron chi connectivity index (χ1n) is 9.75. The van der Waals surface area contributed by atoms with Crippen LogP contribution < -0.4 is 10.6 Å². The number of carbonyl (C=O) groups is 2. The molecule has 0 aliphatic carbocycles. The monoisotopic (exact) mass is 448 g/mol. The third kappa shape index (κ3) is 5.90. The van der Waals surface area contributed by atoms with Gasteiger partial charge >= 0.3 is 0 Å². The molecule has 3 aromatic carbocycles. The molecule has 2 N–H and O–H groups in total. The molecule has 0 spiro atoms. The summed E-state index contributed by atoms with van der Waals surface area (Å²) in [5, 5.41) is 16.3. The minimum absolute atomic E-state index is 0.106. The third-order valence-corrected chi connectivity index (χ3v) is 6.50. The van der Waals surface area contributed by atoms with Crippen molar-refractivity contribution in [1.82, 2.24) is 10.2 Å². The van der Waals surface area contributed by atoms with Gasteiger partial charge < -0.3 is 10.6 Å². The van der Waals surface area contributed by atoms with Crippen molar-refractivity contribution in [2.24, 2.45) is 0 Å². The molecule has 156 valence electrons. The first-order valence-corrected chi connectivity index (χ1v) is 11.6. The second-order valence-electron chi connectivity index (χ2n) is 6.77. The number of aromatic nitrogens is 2. The van der Waals surface area contributed by atoms with E-state index >= 15 is 0 Å². The number of hydrogen-bond acceptors (Lipinski definition) is 6. The van der Waals surface area contributed by atoms with Crippen molar-refractivity contribution in [2.75, 3.05) is 16.4 Å². The predicted molar refractivity (Wildman–Crippen MR) is 127 cm³/mol. The van der Waals surface area contributed by atoms with Gasteiger partial charge in [-0.05, 0) is 23.4 Å². The third-order valence-electron chi connectivity index (χ3n) is 4.53. The van der Waals surface area contributed by atoms with Gasteiger partial charge in [0.25, 0.3) is 0 Å². The summed E-state index contributed by atoms with van der Waals surface area (Å²) in [6, 6.07) is 23.6. The van der Waals surface area contributed by atoms with E-state index in [-0.39, 0.29) is 17.6 Å². The normalized spacial score (nSPS) is 10.7. The number of fused-ring (bicyclic) bond motifs is 1. The zero-order chi connectivity index (χ0) is 21.5. The lowest BCUT2D eigenvalue weighted by atomic mass is 10.1. The molecule has 1 heterocycles. The Morgan fingerprint density at radius 2 is 1.61 bits per heavy atom. The van der Waals surface area contributed by atoms with Crippen molar-refractivity contribution < 1.29 is 9.59 Å². The van der Waals surface area contributed by atoms with E-state index in [1.807, 2.05) is 72.8 Å². The van der Waals surface area contributed by atoms with E-state index in [1.54, 1.807) is 0 Å². The van der Waals surface area contributed by atoms with Crippen molar-refractivity contribution in [3.05, 3.63) is 78.4 Å². The molecule has 8 heteroatoms. The number of carbonyl (C=O) groups excluding carboxylic acids is 2. The van der Waals surface area contributed by atoms with Crippen LogP contribution in [-0.4, -0.2) is 27.8 Å². The molecule has 0 aliphatic rings. The molecule has 0 unspecified atom stereocenters. The van der Waals surface area contributed by atoms with Crippen LogP contribution in [0.2, 0.25) is 0 Å². The highest BCUT2D eigenvalue weighted by molar-refractivity contribution is 8.01. The Kier molecular flexibility index (Phi) is 6.91. The fourth-order valence-corrected chi connectivity index (χ4v) is 4.62. The molecule has 0 bridgehead atoms. The minimum Gasteiger partial charge on any atom is -0.325 e. The Bertz CT molecular complexity index is 1190. The highest BCUT2D eigenvalue weighted by atomic mass is 32.2. The SMILES string of the molecule is O=C(CCc1ccccc1)Nc1nnc(SCC(=O)Nc2cccc3ccccc23)s1. The van der Waals surface area contributed by atoms with Gasteiger partial charge in [-0.25, -0.2) is 0 Å². The molecule has 0 fully saturated rings. The number of hydrogen-bond donors (Lipinski definition) is 2. The number of thioether (sulfide) groups is 1. The van der Waals surface area contributed by atoms with Gasteiger partial charge in [-0.1, -0.05) is 89.8 Å². The van der Waals surface area contributed by atoms with E-state index in [9.17, 15) is 9.59 Å². The maximum absolute atomic E-state index is 12.4. The van der Waals surface area contributed by atoms with Gasteiger partial charge in [-0.15, -0.1) is 10.2 Å². The van der Waals surface area contributed by atoms with E-state index in [0.717, 1.165) is 22.0 Å². The molecule has 0 saturated heterocycles. The Labute approximate surface area is 188 Å². The Morgan fingerprint density at radius 3 is 2.48 bits per heavy atom. The van der Waals surface area contributed by atoms with E-state index in [4.69, 9.17) is 0 Å². The van der Waals surface area contributed by atoms with Crippen LogP contribution in [0.15, 0.2) is 77.1 Å². The van der Waals surface area contributed by atoms with Crippen LogP contribution >= 0.6 is 23.1 Å². The van der Waals surface area contributed by atoms with Gasteiger partial charge in [0, 0.05) is 17.5 Å². The fraction of sp³-hybridized carbons (Fsp3) is 0.130. The van der Waals surface area contributed by atoms with Crippen LogP contribution in [0.3, 0.4) is 0 Å². The number of nitrogens with zero attached hydrogens (tertiary/aromatic N) is 2. The average molecular weight is 449 g/mol. The summed E-state index contributed by atoms with van der Waals surface area (Å²) in [7, 11) is 0. The van der Waals surface area contributed by atoms with Gasteiger partial charge in [0.15, 0.2) is 4.34 Å². The highest BCUT2D eigenvalue weighted by Gasteiger charge is 2.11. The van der Waals surface area contributed by atoms with Crippen LogP contribution in [0.25, 0.3) is 10.8 Å². The standard InChI is InChI=1S/C23H20N4O2S2/c28-20(14-13-16-7-2-1-3-8-16)25-22-26-27-23(31-22)30-15-21(29)24-19-12-6-10-17-9-4-5-11-18(17)19/h1-12H,13-15H2,(H,24,29)(H,25,26,28). The Hall–Kier alpha value is -3.23. The van der Waals surface area contributed by atoms with Crippen molar-refractivity contribution in [3.63, 3.8) is 0 Å². The van der Waals surface area contributed by atoms with Crippen LogP contribution in [0.1, 0.15) is 12.0 Å². The average Bonchev–Trinajstić information content (AvgIpc) is 3.24. The van der Waals surface area contributed by atoms with Gasteiger partial charge in [-0.2, -0.15) is 0 Å². The number of rotatable bonds is 8. The van der Waals surface area contributed by atoms with Gasteiger partial charge in [0.2, 0.25) is 16.9 Å². The lowest BCUT2D eigenvalue weighted by molar-refractivity contribution is -0.116. The van der Waals surface area contributed by atoms with Crippen molar-refractivity contribution in [3.8, 4) is 0 Å². The van der Waals surface area contributed by atoms with Crippen molar-refractivity contribution in [2.45, 2.75) is 17.2 Å². The first kappa shape index (κ1) is 21.0. The van der Waals surface area contributed by atoms with Crippen LogP contribution in [0.5, 0.6) is 0 Å². The second-order valence-corrected chi connectivity index (χ2v) is 8.97. The summed E-state index contributed by atoms with van der Waals surface area (Å²) in [5.41, 5.74) is 1.90. The maximum atomic E-state index is 12.4. The Balaban J connectivity index is 1.26. The molecule has 4 rings (SSSR count). The molecule has 0 aliphatic heterocycles. The van der Waals surface area contributed by atoms with E-state index < -0.39 is 0 Å². The van der Waals surface area contributed by atoms with E-state index in [2.05, 4.69) is 20.8 Å².